The number of rotatable bonds is 6. The van der Waals surface area contributed by atoms with E-state index in [2.05, 4.69) is 5.32 Å². The Bertz CT molecular complexity index is 437. The second-order valence-electron chi connectivity index (χ2n) is 3.32. The van der Waals surface area contributed by atoms with Gasteiger partial charge in [0, 0.05) is 18.9 Å². The molecule has 6 nitrogen and oxygen atoms in total. The zero-order chi connectivity index (χ0) is 12.8. The summed E-state index contributed by atoms with van der Waals surface area (Å²) >= 11 is 1.33. The number of carbonyl (C=O) groups excluding carboxylic acids is 1. The van der Waals surface area contributed by atoms with Gasteiger partial charge in [0.2, 0.25) is 5.91 Å². The number of nitrogens with one attached hydrogen (secondary N) is 1. The lowest BCUT2D eigenvalue weighted by molar-refractivity contribution is -0.384. The van der Waals surface area contributed by atoms with Crippen molar-refractivity contribution in [3.8, 4) is 0 Å². The summed E-state index contributed by atoms with van der Waals surface area (Å²) in [5, 5.41) is 13.6. The molecule has 1 rings (SSSR count). The van der Waals surface area contributed by atoms with Gasteiger partial charge < -0.3 is 11.1 Å². The molecule has 0 fully saturated rings. The van der Waals surface area contributed by atoms with E-state index >= 15 is 0 Å². The number of amides is 1. The Morgan fingerprint density at radius 2 is 2.29 bits per heavy atom. The predicted octanol–water partition coefficient (Wildman–Crippen LogP) is 1.35. The molecule has 0 saturated heterocycles. The number of nitrogens with zero attached hydrogens (tertiary/aromatic N) is 1. The molecule has 1 amide bonds. The van der Waals surface area contributed by atoms with Crippen LogP contribution in [-0.2, 0) is 10.5 Å². The van der Waals surface area contributed by atoms with Crippen molar-refractivity contribution < 1.29 is 9.72 Å². The summed E-state index contributed by atoms with van der Waals surface area (Å²) < 4.78 is 0. The van der Waals surface area contributed by atoms with E-state index < -0.39 is 10.8 Å². The minimum atomic E-state index is -0.436. The Balaban J connectivity index is 2.78. The molecular weight excluding hydrogens is 242 g/mol. The summed E-state index contributed by atoms with van der Waals surface area (Å²) in [6.45, 7) is 0. The van der Waals surface area contributed by atoms with E-state index in [-0.39, 0.29) is 11.4 Å². The number of thioether (sulfide) groups is 1. The largest absolute Gasteiger partial charge is 0.383 e. The Kier molecular flexibility index (Phi) is 4.77. The zero-order valence-corrected chi connectivity index (χ0v) is 10.1. The third kappa shape index (κ3) is 3.95. The maximum absolute atomic E-state index is 10.8. The molecule has 0 aliphatic heterocycles. The molecule has 0 atom stereocenters. The monoisotopic (exact) mass is 255 g/mol. The van der Waals surface area contributed by atoms with Crippen LogP contribution in [0.25, 0.3) is 0 Å². The van der Waals surface area contributed by atoms with Gasteiger partial charge in [-0.15, -0.1) is 11.8 Å². The highest BCUT2D eigenvalue weighted by molar-refractivity contribution is 7.99. The number of carbonyl (C=O) groups is 1. The third-order valence-electron chi connectivity index (χ3n) is 2.04. The number of hydrogen-bond acceptors (Lipinski definition) is 5. The van der Waals surface area contributed by atoms with Crippen LogP contribution in [0.15, 0.2) is 18.2 Å². The molecule has 0 heterocycles. The number of nitro groups is 1. The molecule has 0 aliphatic rings. The van der Waals surface area contributed by atoms with E-state index in [4.69, 9.17) is 5.73 Å². The number of nitrogens with two attached hydrogens (primary N) is 1. The fourth-order valence-electron chi connectivity index (χ4n) is 1.30. The SMILES string of the molecule is CNc1ccc(CSCC(N)=O)cc1[N+](=O)[O-]. The maximum atomic E-state index is 10.8. The molecule has 0 saturated carbocycles. The van der Waals surface area contributed by atoms with Crippen molar-refractivity contribution in [3.63, 3.8) is 0 Å². The van der Waals surface area contributed by atoms with Gasteiger partial charge in [0.05, 0.1) is 10.7 Å². The van der Waals surface area contributed by atoms with Crippen molar-refractivity contribution in [2.75, 3.05) is 18.1 Å². The topological polar surface area (TPSA) is 98.3 Å². The predicted molar refractivity (Wildman–Crippen MR) is 68.0 cm³/mol. The number of benzene rings is 1. The van der Waals surface area contributed by atoms with E-state index in [1.165, 1.54) is 17.8 Å². The molecular formula is C10H13N3O3S. The van der Waals surface area contributed by atoms with Crippen LogP contribution in [0.5, 0.6) is 0 Å². The summed E-state index contributed by atoms with van der Waals surface area (Å²) in [4.78, 5) is 20.9. The lowest BCUT2D eigenvalue weighted by Crippen LogP contribution is -2.13. The Morgan fingerprint density at radius 3 is 2.82 bits per heavy atom. The highest BCUT2D eigenvalue weighted by Gasteiger charge is 2.13. The minimum Gasteiger partial charge on any atom is -0.383 e. The lowest BCUT2D eigenvalue weighted by atomic mass is 10.2. The first kappa shape index (κ1) is 13.3. The quantitative estimate of drug-likeness (QED) is 0.590. The average Bonchev–Trinajstić information content (AvgIpc) is 2.28. The molecule has 17 heavy (non-hydrogen) atoms. The van der Waals surface area contributed by atoms with E-state index in [1.807, 2.05) is 0 Å². The van der Waals surface area contributed by atoms with E-state index in [1.54, 1.807) is 19.2 Å². The molecule has 0 spiro atoms. The number of primary amides is 1. The Labute approximate surface area is 103 Å². The molecule has 1 aromatic rings. The van der Waals surface area contributed by atoms with Crippen LogP contribution in [0.1, 0.15) is 5.56 Å². The fourth-order valence-corrected chi connectivity index (χ4v) is 2.02. The summed E-state index contributed by atoms with van der Waals surface area (Å²) in [5.41, 5.74) is 6.30. The normalized spacial score (nSPS) is 9.94. The summed E-state index contributed by atoms with van der Waals surface area (Å²) in [7, 11) is 1.63. The smallest absolute Gasteiger partial charge is 0.292 e. The van der Waals surface area contributed by atoms with Gasteiger partial charge in [0.25, 0.3) is 5.69 Å². The maximum Gasteiger partial charge on any atom is 0.292 e. The summed E-state index contributed by atoms with van der Waals surface area (Å²) in [6, 6.07) is 4.94. The van der Waals surface area contributed by atoms with Gasteiger partial charge in [-0.05, 0) is 11.6 Å². The fraction of sp³-hybridized carbons (Fsp3) is 0.300. The zero-order valence-electron chi connectivity index (χ0n) is 9.30. The molecule has 0 radical (unpaired) electrons. The molecule has 92 valence electrons. The first-order chi connectivity index (χ1) is 8.04. The van der Waals surface area contributed by atoms with Crippen molar-refractivity contribution in [2.24, 2.45) is 5.73 Å². The first-order valence-corrected chi connectivity index (χ1v) is 6.01. The van der Waals surface area contributed by atoms with Crippen LogP contribution in [-0.4, -0.2) is 23.6 Å². The molecule has 0 unspecified atom stereocenters. The molecule has 1 aromatic carbocycles. The van der Waals surface area contributed by atoms with E-state index in [0.717, 1.165) is 5.56 Å². The second kappa shape index (κ2) is 6.09. The van der Waals surface area contributed by atoms with Crippen molar-refractivity contribution in [1.29, 1.82) is 0 Å². The van der Waals surface area contributed by atoms with E-state index in [9.17, 15) is 14.9 Å². The number of hydrogen-bond donors (Lipinski definition) is 2. The standard InChI is InChI=1S/C10H13N3O3S/c1-12-8-3-2-7(4-9(8)13(15)16)5-17-6-10(11)14/h2-4,12H,5-6H2,1H3,(H2,11,14). The Hall–Kier alpha value is -1.76. The molecule has 0 bridgehead atoms. The van der Waals surface area contributed by atoms with Crippen LogP contribution in [0.3, 0.4) is 0 Å². The molecule has 0 aliphatic carbocycles. The van der Waals surface area contributed by atoms with Gasteiger partial charge >= 0.3 is 0 Å². The van der Waals surface area contributed by atoms with Gasteiger partial charge in [0.15, 0.2) is 0 Å². The average molecular weight is 255 g/mol. The molecule has 3 N–H and O–H groups in total. The summed E-state index contributed by atoms with van der Waals surface area (Å²) in [6.07, 6.45) is 0. The van der Waals surface area contributed by atoms with Crippen molar-refractivity contribution >= 4 is 29.0 Å². The highest BCUT2D eigenvalue weighted by atomic mass is 32.2. The van der Waals surface area contributed by atoms with Crippen molar-refractivity contribution in [3.05, 3.63) is 33.9 Å². The summed E-state index contributed by atoms with van der Waals surface area (Å²) in [5.74, 6) is 0.339. The Morgan fingerprint density at radius 1 is 1.59 bits per heavy atom. The third-order valence-corrected chi connectivity index (χ3v) is 3.07. The lowest BCUT2D eigenvalue weighted by Gasteiger charge is -2.04. The minimum absolute atomic E-state index is 0.0321. The van der Waals surface area contributed by atoms with Crippen molar-refractivity contribution in [2.45, 2.75) is 5.75 Å². The number of anilines is 1. The van der Waals surface area contributed by atoms with Crippen LogP contribution < -0.4 is 11.1 Å². The molecule has 0 aromatic heterocycles. The van der Waals surface area contributed by atoms with Gasteiger partial charge in [-0.1, -0.05) is 6.07 Å². The van der Waals surface area contributed by atoms with Crippen LogP contribution in [0, 0.1) is 10.1 Å². The van der Waals surface area contributed by atoms with Crippen LogP contribution in [0.4, 0.5) is 11.4 Å². The first-order valence-electron chi connectivity index (χ1n) is 4.85. The van der Waals surface area contributed by atoms with Crippen LogP contribution >= 0.6 is 11.8 Å². The van der Waals surface area contributed by atoms with Gasteiger partial charge in [-0.3, -0.25) is 14.9 Å². The van der Waals surface area contributed by atoms with Gasteiger partial charge in [-0.25, -0.2) is 0 Å². The highest BCUT2D eigenvalue weighted by Crippen LogP contribution is 2.26. The molecule has 7 heteroatoms. The van der Waals surface area contributed by atoms with E-state index in [0.29, 0.717) is 11.4 Å². The van der Waals surface area contributed by atoms with Gasteiger partial charge in [0.1, 0.15) is 5.69 Å². The van der Waals surface area contributed by atoms with Gasteiger partial charge in [-0.2, -0.15) is 0 Å². The second-order valence-corrected chi connectivity index (χ2v) is 4.30. The van der Waals surface area contributed by atoms with Crippen LogP contribution in [0.2, 0.25) is 0 Å². The number of nitro benzene ring substituents is 1. The van der Waals surface area contributed by atoms with Crippen molar-refractivity contribution in [1.82, 2.24) is 0 Å².